The molecule has 2 aromatic rings. The zero-order chi connectivity index (χ0) is 11.4. The first-order valence-electron chi connectivity index (χ1n) is 4.77. The highest BCUT2D eigenvalue weighted by Crippen LogP contribution is 2.24. The minimum Gasteiger partial charge on any atom is -0.435 e. The van der Waals surface area contributed by atoms with Crippen LogP contribution in [0.15, 0.2) is 48.5 Å². The molecular weight excluding hydrogens is 210 g/mol. The Hall–Kier alpha value is -1.90. The van der Waals surface area contributed by atoms with Crippen LogP contribution >= 0.6 is 0 Å². The van der Waals surface area contributed by atoms with Crippen molar-refractivity contribution in [2.75, 3.05) is 0 Å². The maximum Gasteiger partial charge on any atom is 0.387 e. The second kappa shape index (κ2) is 4.75. The summed E-state index contributed by atoms with van der Waals surface area (Å²) in [5.41, 5.74) is 1.78. The predicted molar refractivity (Wildman–Crippen MR) is 57.3 cm³/mol. The molecule has 81 valence electrons. The molecule has 0 spiro atoms. The van der Waals surface area contributed by atoms with Gasteiger partial charge in [-0.2, -0.15) is 8.78 Å². The Morgan fingerprint density at radius 3 is 2.44 bits per heavy atom. The van der Waals surface area contributed by atoms with Crippen LogP contribution < -0.4 is 4.74 Å². The summed E-state index contributed by atoms with van der Waals surface area (Å²) in [7, 11) is 0. The maximum atomic E-state index is 12.0. The molecule has 0 amide bonds. The van der Waals surface area contributed by atoms with Gasteiger partial charge in [0.2, 0.25) is 0 Å². The molecule has 0 aliphatic carbocycles. The summed E-state index contributed by atoms with van der Waals surface area (Å²) in [5.74, 6) is 0.167. The molecule has 1 radical (unpaired) electrons. The third-order valence-corrected chi connectivity index (χ3v) is 2.11. The van der Waals surface area contributed by atoms with Gasteiger partial charge >= 0.3 is 6.61 Å². The Bertz CT molecular complexity index is 454. The fraction of sp³-hybridized carbons (Fsp3) is 0.0769. The zero-order valence-electron chi connectivity index (χ0n) is 8.36. The fourth-order valence-electron chi connectivity index (χ4n) is 1.43. The predicted octanol–water partition coefficient (Wildman–Crippen LogP) is 3.76. The molecule has 0 N–H and O–H groups in total. The minimum absolute atomic E-state index is 0.167. The molecular formula is C13H9F2O. The molecule has 3 heteroatoms. The molecule has 0 saturated carbocycles. The van der Waals surface area contributed by atoms with Crippen LogP contribution in [0.3, 0.4) is 0 Å². The van der Waals surface area contributed by atoms with E-state index in [4.69, 9.17) is 0 Å². The van der Waals surface area contributed by atoms with E-state index >= 15 is 0 Å². The molecule has 0 bridgehead atoms. The van der Waals surface area contributed by atoms with Gasteiger partial charge in [0.15, 0.2) is 0 Å². The van der Waals surface area contributed by atoms with Crippen molar-refractivity contribution in [2.45, 2.75) is 6.61 Å². The van der Waals surface area contributed by atoms with Crippen LogP contribution in [-0.4, -0.2) is 6.61 Å². The number of benzene rings is 2. The molecule has 0 aliphatic rings. The van der Waals surface area contributed by atoms with Crippen LogP contribution in [0.2, 0.25) is 0 Å². The highest BCUT2D eigenvalue weighted by atomic mass is 19.3. The number of hydrogen-bond donors (Lipinski definition) is 0. The van der Waals surface area contributed by atoms with E-state index in [1.54, 1.807) is 24.3 Å². The summed E-state index contributed by atoms with van der Waals surface area (Å²) in [4.78, 5) is 0. The van der Waals surface area contributed by atoms with E-state index in [0.29, 0.717) is 0 Å². The van der Waals surface area contributed by atoms with Crippen molar-refractivity contribution in [2.24, 2.45) is 0 Å². The van der Waals surface area contributed by atoms with Crippen molar-refractivity contribution in [1.29, 1.82) is 0 Å². The van der Waals surface area contributed by atoms with Gasteiger partial charge in [0.25, 0.3) is 0 Å². The van der Waals surface area contributed by atoms with Crippen molar-refractivity contribution < 1.29 is 13.5 Å². The first-order chi connectivity index (χ1) is 7.75. The quantitative estimate of drug-likeness (QED) is 0.763. The lowest BCUT2D eigenvalue weighted by atomic mass is 10.1. The van der Waals surface area contributed by atoms with E-state index in [9.17, 15) is 8.78 Å². The molecule has 0 unspecified atom stereocenters. The monoisotopic (exact) mass is 219 g/mol. The molecule has 1 nitrogen and oxygen atoms in total. The van der Waals surface area contributed by atoms with Gasteiger partial charge < -0.3 is 4.74 Å². The molecule has 2 rings (SSSR count). The first-order valence-corrected chi connectivity index (χ1v) is 4.77. The van der Waals surface area contributed by atoms with Gasteiger partial charge in [-0.05, 0) is 29.3 Å². The van der Waals surface area contributed by atoms with Gasteiger partial charge in [-0.15, -0.1) is 0 Å². The highest BCUT2D eigenvalue weighted by Gasteiger charge is 2.05. The van der Waals surface area contributed by atoms with Crippen LogP contribution in [-0.2, 0) is 0 Å². The second-order valence-electron chi connectivity index (χ2n) is 3.20. The van der Waals surface area contributed by atoms with E-state index in [1.165, 1.54) is 6.07 Å². The Kier molecular flexibility index (Phi) is 3.15. The van der Waals surface area contributed by atoms with Gasteiger partial charge in [0.05, 0.1) is 0 Å². The van der Waals surface area contributed by atoms with E-state index in [2.05, 4.69) is 10.8 Å². The number of hydrogen-bond acceptors (Lipinski definition) is 1. The Labute approximate surface area is 92.3 Å². The lowest BCUT2D eigenvalue weighted by Crippen LogP contribution is -2.01. The zero-order valence-corrected chi connectivity index (χ0v) is 8.36. The number of halogens is 2. The SMILES string of the molecule is FC(F)Oc1cccc(-c2cc[c]cc2)c1. The molecule has 0 aromatic heterocycles. The van der Waals surface area contributed by atoms with Crippen molar-refractivity contribution in [3.63, 3.8) is 0 Å². The maximum absolute atomic E-state index is 12.0. The van der Waals surface area contributed by atoms with Gasteiger partial charge in [-0.1, -0.05) is 36.4 Å². The van der Waals surface area contributed by atoms with Crippen molar-refractivity contribution in [3.8, 4) is 16.9 Å². The summed E-state index contributed by atoms with van der Waals surface area (Å²) < 4.78 is 28.4. The van der Waals surface area contributed by atoms with E-state index in [1.807, 2.05) is 18.2 Å². The second-order valence-corrected chi connectivity index (χ2v) is 3.20. The van der Waals surface area contributed by atoms with Crippen LogP contribution in [0.4, 0.5) is 8.78 Å². The van der Waals surface area contributed by atoms with Crippen molar-refractivity contribution >= 4 is 0 Å². The summed E-state index contributed by atoms with van der Waals surface area (Å²) in [6.45, 7) is -2.79. The van der Waals surface area contributed by atoms with E-state index in [-0.39, 0.29) is 5.75 Å². The number of alkyl halides is 2. The molecule has 0 saturated heterocycles. The molecule has 0 aliphatic heterocycles. The van der Waals surface area contributed by atoms with Gasteiger partial charge in [-0.25, -0.2) is 0 Å². The minimum atomic E-state index is -2.79. The molecule has 2 aromatic carbocycles. The normalized spacial score (nSPS) is 10.4. The van der Waals surface area contributed by atoms with Crippen LogP contribution in [0, 0.1) is 6.07 Å². The lowest BCUT2D eigenvalue weighted by molar-refractivity contribution is -0.0498. The van der Waals surface area contributed by atoms with E-state index in [0.717, 1.165) is 11.1 Å². The van der Waals surface area contributed by atoms with Gasteiger partial charge in [0.1, 0.15) is 5.75 Å². The third-order valence-electron chi connectivity index (χ3n) is 2.11. The smallest absolute Gasteiger partial charge is 0.387 e. The molecule has 0 atom stereocenters. The number of ether oxygens (including phenoxy) is 1. The highest BCUT2D eigenvalue weighted by molar-refractivity contribution is 5.64. The fourth-order valence-corrected chi connectivity index (χ4v) is 1.43. The van der Waals surface area contributed by atoms with Gasteiger partial charge in [-0.3, -0.25) is 0 Å². The Morgan fingerprint density at radius 2 is 1.75 bits per heavy atom. The Morgan fingerprint density at radius 1 is 1.00 bits per heavy atom. The van der Waals surface area contributed by atoms with Crippen molar-refractivity contribution in [3.05, 3.63) is 54.6 Å². The average molecular weight is 219 g/mol. The van der Waals surface area contributed by atoms with Crippen LogP contribution in [0.25, 0.3) is 11.1 Å². The van der Waals surface area contributed by atoms with E-state index < -0.39 is 6.61 Å². The summed E-state index contributed by atoms with van der Waals surface area (Å²) in [5, 5.41) is 0. The summed E-state index contributed by atoms with van der Waals surface area (Å²) in [6, 6.07) is 16.8. The lowest BCUT2D eigenvalue weighted by Gasteiger charge is -2.06. The largest absolute Gasteiger partial charge is 0.435 e. The Balaban J connectivity index is 2.29. The average Bonchev–Trinajstić information content (AvgIpc) is 2.30. The van der Waals surface area contributed by atoms with Crippen LogP contribution in [0.1, 0.15) is 0 Å². The van der Waals surface area contributed by atoms with Crippen molar-refractivity contribution in [1.82, 2.24) is 0 Å². The molecule has 16 heavy (non-hydrogen) atoms. The number of rotatable bonds is 3. The molecule has 0 heterocycles. The third kappa shape index (κ3) is 2.57. The standard InChI is InChI=1S/C13H9F2O/c14-13(15)16-12-8-4-7-11(9-12)10-5-2-1-3-6-10/h2-9,13H. The van der Waals surface area contributed by atoms with Crippen LogP contribution in [0.5, 0.6) is 5.75 Å². The topological polar surface area (TPSA) is 9.23 Å². The first kappa shape index (κ1) is 10.6. The summed E-state index contributed by atoms with van der Waals surface area (Å²) in [6.07, 6.45) is 0. The van der Waals surface area contributed by atoms with Gasteiger partial charge in [0, 0.05) is 0 Å². The summed E-state index contributed by atoms with van der Waals surface area (Å²) >= 11 is 0. The molecule has 0 fully saturated rings.